The van der Waals surface area contributed by atoms with Crippen LogP contribution in [0.3, 0.4) is 0 Å². The van der Waals surface area contributed by atoms with Crippen LogP contribution in [0.4, 0.5) is 0 Å². The zero-order valence-electron chi connectivity index (χ0n) is 28.2. The summed E-state index contributed by atoms with van der Waals surface area (Å²) in [4.78, 5) is 15.2. The maximum absolute atomic E-state index is 5.28. The zero-order chi connectivity index (χ0) is 34.4. The fraction of sp³-hybridized carbons (Fsp3) is 0. The maximum Gasteiger partial charge on any atom is 0.161 e. The molecule has 3 nitrogen and oxygen atoms in total. The van der Waals surface area contributed by atoms with Gasteiger partial charge in [-0.05, 0) is 73.8 Å². The number of pyridine rings is 1. The molecule has 0 saturated carbocycles. The second kappa shape index (κ2) is 12.4. The number of hydrogen-bond donors (Lipinski definition) is 0. The lowest BCUT2D eigenvalue weighted by molar-refractivity contribution is 1.23. The van der Waals surface area contributed by atoms with E-state index < -0.39 is 0 Å². The lowest BCUT2D eigenvalue weighted by Crippen LogP contribution is -1.96. The first-order chi connectivity index (χ1) is 25.8. The molecule has 0 saturated heterocycles. The molecule has 0 bridgehead atoms. The van der Waals surface area contributed by atoms with Gasteiger partial charge in [0.25, 0.3) is 0 Å². The Morgan fingerprint density at radius 3 is 1.75 bits per heavy atom. The minimum atomic E-state index is 0.716. The molecule has 0 N–H and O–H groups in total. The number of hydrogen-bond acceptors (Lipinski definition) is 3. The highest BCUT2D eigenvalue weighted by Crippen LogP contribution is 2.38. The second-order valence-electron chi connectivity index (χ2n) is 13.2. The number of aromatic nitrogens is 3. The van der Waals surface area contributed by atoms with Gasteiger partial charge in [0.05, 0.1) is 16.7 Å². The van der Waals surface area contributed by atoms with Gasteiger partial charge < -0.3 is 0 Å². The third kappa shape index (κ3) is 5.19. The molecule has 0 atom stereocenters. The molecular formula is C49H31N3. The van der Waals surface area contributed by atoms with E-state index in [1.165, 1.54) is 27.5 Å². The van der Waals surface area contributed by atoms with Crippen LogP contribution in [0.25, 0.3) is 99.4 Å². The van der Waals surface area contributed by atoms with E-state index in [2.05, 4.69) is 170 Å². The largest absolute Gasteiger partial charge is 0.256 e. The van der Waals surface area contributed by atoms with Crippen molar-refractivity contribution < 1.29 is 0 Å². The van der Waals surface area contributed by atoms with E-state index in [0.29, 0.717) is 5.82 Å². The van der Waals surface area contributed by atoms with Gasteiger partial charge >= 0.3 is 0 Å². The molecule has 2 aromatic heterocycles. The molecule has 3 heteroatoms. The van der Waals surface area contributed by atoms with E-state index in [1.54, 1.807) is 0 Å². The fourth-order valence-electron chi connectivity index (χ4n) is 7.52. The monoisotopic (exact) mass is 661 g/mol. The first kappa shape index (κ1) is 29.9. The maximum atomic E-state index is 5.28. The van der Waals surface area contributed by atoms with E-state index in [1.807, 2.05) is 18.3 Å². The van der Waals surface area contributed by atoms with Gasteiger partial charge in [0.1, 0.15) is 0 Å². The Labute approximate surface area is 301 Å². The van der Waals surface area contributed by atoms with Gasteiger partial charge in [0.15, 0.2) is 5.82 Å². The Morgan fingerprint density at radius 1 is 0.308 bits per heavy atom. The van der Waals surface area contributed by atoms with Crippen LogP contribution in [-0.4, -0.2) is 15.0 Å². The quantitative estimate of drug-likeness (QED) is 0.172. The van der Waals surface area contributed by atoms with Crippen molar-refractivity contribution in [3.8, 4) is 56.0 Å². The van der Waals surface area contributed by atoms with E-state index in [0.717, 1.165) is 66.1 Å². The lowest BCUT2D eigenvalue weighted by atomic mass is 9.92. The van der Waals surface area contributed by atoms with E-state index in [-0.39, 0.29) is 0 Å². The molecule has 0 amide bonds. The highest BCUT2D eigenvalue weighted by atomic mass is 14.9. The van der Waals surface area contributed by atoms with Gasteiger partial charge in [0, 0.05) is 33.5 Å². The van der Waals surface area contributed by atoms with Crippen LogP contribution in [0.5, 0.6) is 0 Å². The van der Waals surface area contributed by atoms with Crippen molar-refractivity contribution in [2.24, 2.45) is 0 Å². The van der Waals surface area contributed by atoms with Crippen molar-refractivity contribution in [1.82, 2.24) is 15.0 Å². The summed E-state index contributed by atoms with van der Waals surface area (Å²) in [6, 6.07) is 64.3. The van der Waals surface area contributed by atoms with Crippen molar-refractivity contribution in [3.63, 3.8) is 0 Å². The average Bonchev–Trinajstić information content (AvgIpc) is 3.23. The van der Waals surface area contributed by atoms with Crippen molar-refractivity contribution >= 4 is 43.4 Å². The van der Waals surface area contributed by atoms with Crippen molar-refractivity contribution in [3.05, 3.63) is 188 Å². The Kier molecular flexibility index (Phi) is 7.14. The zero-order valence-corrected chi connectivity index (χ0v) is 28.2. The standard InChI is InChI=1S/C49H31N3/c1-2-11-32(12-3-1)33-21-23-34(24-22-33)48-45-19-8-9-20-46(45)51-49(52-48)44-28-27-40(41-17-6-7-18-42(41)44)37-15-10-14-35(29-37)36-25-26-43-39-16-5-4-13-38(39)31-50-47(43)30-36/h1-31H. The second-order valence-corrected chi connectivity index (χ2v) is 13.2. The lowest BCUT2D eigenvalue weighted by Gasteiger charge is -2.14. The number of benzene rings is 8. The normalized spacial score (nSPS) is 11.5. The van der Waals surface area contributed by atoms with Gasteiger partial charge in [-0.2, -0.15) is 0 Å². The van der Waals surface area contributed by atoms with Crippen LogP contribution in [-0.2, 0) is 0 Å². The summed E-state index contributed by atoms with van der Waals surface area (Å²) in [5.41, 5.74) is 11.9. The summed E-state index contributed by atoms with van der Waals surface area (Å²) in [7, 11) is 0. The molecule has 52 heavy (non-hydrogen) atoms. The SMILES string of the molecule is c1ccc(-c2ccc(-c3nc(-c4ccc(-c5cccc(-c6ccc7c(c6)ncc6ccccc67)c5)c5ccccc45)nc4ccccc34)cc2)cc1. The predicted octanol–water partition coefficient (Wildman–Crippen LogP) is 12.8. The molecule has 0 spiro atoms. The average molecular weight is 662 g/mol. The Balaban J connectivity index is 1.06. The van der Waals surface area contributed by atoms with Gasteiger partial charge in [-0.25, -0.2) is 9.97 Å². The Morgan fingerprint density at radius 2 is 0.904 bits per heavy atom. The van der Waals surface area contributed by atoms with Gasteiger partial charge in [-0.3, -0.25) is 4.98 Å². The summed E-state index contributed by atoms with van der Waals surface area (Å²) in [5.74, 6) is 0.716. The highest BCUT2D eigenvalue weighted by Gasteiger charge is 2.16. The summed E-state index contributed by atoms with van der Waals surface area (Å²) < 4.78 is 0. The molecular weight excluding hydrogens is 631 g/mol. The van der Waals surface area contributed by atoms with Crippen molar-refractivity contribution in [2.75, 3.05) is 0 Å². The van der Waals surface area contributed by atoms with Crippen LogP contribution < -0.4 is 0 Å². The Bertz CT molecular complexity index is 2950. The van der Waals surface area contributed by atoms with Crippen LogP contribution in [0.2, 0.25) is 0 Å². The molecule has 10 aromatic rings. The summed E-state index contributed by atoms with van der Waals surface area (Å²) in [6.45, 7) is 0. The van der Waals surface area contributed by atoms with Crippen LogP contribution in [0.15, 0.2) is 188 Å². The highest BCUT2D eigenvalue weighted by molar-refractivity contribution is 6.07. The predicted molar refractivity (Wildman–Crippen MR) is 217 cm³/mol. The smallest absolute Gasteiger partial charge is 0.161 e. The first-order valence-corrected chi connectivity index (χ1v) is 17.6. The fourth-order valence-corrected chi connectivity index (χ4v) is 7.52. The molecule has 242 valence electrons. The number of fused-ring (bicyclic) bond motifs is 5. The van der Waals surface area contributed by atoms with Crippen molar-refractivity contribution in [1.29, 1.82) is 0 Å². The number of nitrogens with zero attached hydrogens (tertiary/aromatic N) is 3. The number of para-hydroxylation sites is 1. The molecule has 0 aliphatic heterocycles. The van der Waals surface area contributed by atoms with Gasteiger partial charge in [0.2, 0.25) is 0 Å². The van der Waals surface area contributed by atoms with Crippen molar-refractivity contribution in [2.45, 2.75) is 0 Å². The summed E-state index contributed by atoms with van der Waals surface area (Å²) >= 11 is 0. The number of rotatable bonds is 5. The third-order valence-electron chi connectivity index (χ3n) is 10.1. The minimum Gasteiger partial charge on any atom is -0.256 e. The molecule has 0 fully saturated rings. The van der Waals surface area contributed by atoms with Crippen LogP contribution >= 0.6 is 0 Å². The molecule has 2 heterocycles. The molecule has 8 aromatic carbocycles. The first-order valence-electron chi connectivity index (χ1n) is 17.6. The summed E-state index contributed by atoms with van der Waals surface area (Å²) in [6.07, 6.45) is 1.97. The molecule has 10 rings (SSSR count). The van der Waals surface area contributed by atoms with Gasteiger partial charge in [-0.1, -0.05) is 158 Å². The molecule has 0 radical (unpaired) electrons. The Hall–Kier alpha value is -6.97. The van der Waals surface area contributed by atoms with Crippen LogP contribution in [0.1, 0.15) is 0 Å². The summed E-state index contributed by atoms with van der Waals surface area (Å²) in [5, 5.41) is 6.87. The molecule has 0 unspecified atom stereocenters. The van der Waals surface area contributed by atoms with E-state index >= 15 is 0 Å². The molecule has 0 aliphatic carbocycles. The van der Waals surface area contributed by atoms with Crippen LogP contribution in [0, 0.1) is 0 Å². The van der Waals surface area contributed by atoms with E-state index in [4.69, 9.17) is 15.0 Å². The third-order valence-corrected chi connectivity index (χ3v) is 10.1. The van der Waals surface area contributed by atoms with Gasteiger partial charge in [-0.15, -0.1) is 0 Å². The topological polar surface area (TPSA) is 38.7 Å². The van der Waals surface area contributed by atoms with E-state index in [9.17, 15) is 0 Å². The molecule has 0 aliphatic rings. The minimum absolute atomic E-state index is 0.716.